The maximum atomic E-state index is 11.9. The summed E-state index contributed by atoms with van der Waals surface area (Å²) in [5.41, 5.74) is 1.41. The molecule has 0 heterocycles. The van der Waals surface area contributed by atoms with Crippen LogP contribution in [0.3, 0.4) is 0 Å². The average Bonchev–Trinajstić information content (AvgIpc) is 2.26. The van der Waals surface area contributed by atoms with Crippen molar-refractivity contribution < 1.29 is 9.90 Å². The van der Waals surface area contributed by atoms with E-state index in [1.165, 1.54) is 6.07 Å². The number of rotatable bonds is 5. The van der Waals surface area contributed by atoms with Gasteiger partial charge in [-0.3, -0.25) is 4.79 Å². The lowest BCUT2D eigenvalue weighted by molar-refractivity contribution is 0.0938. The number of benzene rings is 1. The molecule has 0 aliphatic carbocycles. The molecule has 0 saturated heterocycles. The van der Waals surface area contributed by atoms with Gasteiger partial charge in [0, 0.05) is 16.9 Å². The zero-order valence-electron chi connectivity index (χ0n) is 10.2. The highest BCUT2D eigenvalue weighted by Crippen LogP contribution is 2.15. The van der Waals surface area contributed by atoms with Crippen molar-refractivity contribution in [3.63, 3.8) is 0 Å². The molecular weight excluding hydrogens is 282 g/mol. The molecule has 0 fully saturated rings. The number of phenols is 1. The van der Waals surface area contributed by atoms with E-state index >= 15 is 0 Å². The Morgan fingerprint density at radius 2 is 2.24 bits per heavy atom. The van der Waals surface area contributed by atoms with Gasteiger partial charge in [-0.15, -0.1) is 0 Å². The number of hydrogen-bond acceptors (Lipinski definition) is 2. The summed E-state index contributed by atoms with van der Waals surface area (Å²) in [7, 11) is 0. The molecule has 1 aromatic carbocycles. The summed E-state index contributed by atoms with van der Waals surface area (Å²) >= 11 is 3.37. The maximum Gasteiger partial charge on any atom is 0.251 e. The fraction of sp³-hybridized carbons (Fsp3) is 0.462. The summed E-state index contributed by atoms with van der Waals surface area (Å²) in [6.45, 7) is 3.81. The summed E-state index contributed by atoms with van der Waals surface area (Å²) in [5, 5.41) is 13.2. The number of aryl methyl sites for hydroxylation is 1. The van der Waals surface area contributed by atoms with Gasteiger partial charge in [-0.2, -0.15) is 0 Å². The third kappa shape index (κ3) is 4.38. The van der Waals surface area contributed by atoms with E-state index in [0.717, 1.165) is 23.7 Å². The van der Waals surface area contributed by atoms with E-state index in [-0.39, 0.29) is 17.7 Å². The number of halogens is 1. The highest BCUT2D eigenvalue weighted by Gasteiger charge is 2.11. The predicted molar refractivity (Wildman–Crippen MR) is 72.8 cm³/mol. The van der Waals surface area contributed by atoms with Crippen molar-refractivity contribution in [2.75, 3.05) is 5.33 Å². The second kappa shape index (κ2) is 6.64. The van der Waals surface area contributed by atoms with Crippen LogP contribution < -0.4 is 5.32 Å². The molecular formula is C13H18BrNO2. The molecule has 1 atom stereocenters. The molecule has 1 rings (SSSR count). The Balaban J connectivity index is 2.63. The molecule has 17 heavy (non-hydrogen) atoms. The Hall–Kier alpha value is -1.03. The lowest BCUT2D eigenvalue weighted by atomic mass is 10.1. The molecule has 0 aliphatic rings. The zero-order valence-corrected chi connectivity index (χ0v) is 11.8. The molecule has 94 valence electrons. The van der Waals surface area contributed by atoms with Crippen molar-refractivity contribution in [2.24, 2.45) is 0 Å². The van der Waals surface area contributed by atoms with Gasteiger partial charge in [0.1, 0.15) is 5.75 Å². The minimum atomic E-state index is -0.0791. The van der Waals surface area contributed by atoms with Crippen LogP contribution in [0.25, 0.3) is 0 Å². The quantitative estimate of drug-likeness (QED) is 0.821. The number of amides is 1. The average molecular weight is 300 g/mol. The summed E-state index contributed by atoms with van der Waals surface area (Å²) in [5.74, 6) is 0.107. The molecule has 3 nitrogen and oxygen atoms in total. The number of alkyl halides is 1. The van der Waals surface area contributed by atoms with Gasteiger partial charge in [-0.05, 0) is 50.5 Å². The smallest absolute Gasteiger partial charge is 0.251 e. The topological polar surface area (TPSA) is 49.3 Å². The summed E-state index contributed by atoms with van der Waals surface area (Å²) < 4.78 is 0. The van der Waals surface area contributed by atoms with E-state index in [4.69, 9.17) is 0 Å². The standard InChI is InChI=1S/C13H18BrNO2/c1-9-8-11(16)5-6-12(9)13(17)15-10(2)4-3-7-14/h5-6,8,10,16H,3-4,7H2,1-2H3,(H,15,17). The molecule has 1 unspecified atom stereocenters. The van der Waals surface area contributed by atoms with Crippen LogP contribution >= 0.6 is 15.9 Å². The molecule has 0 saturated carbocycles. The van der Waals surface area contributed by atoms with Crippen LogP contribution in [0.2, 0.25) is 0 Å². The van der Waals surface area contributed by atoms with Crippen LogP contribution in [0, 0.1) is 6.92 Å². The molecule has 1 amide bonds. The van der Waals surface area contributed by atoms with E-state index < -0.39 is 0 Å². The highest BCUT2D eigenvalue weighted by molar-refractivity contribution is 9.09. The van der Waals surface area contributed by atoms with E-state index in [9.17, 15) is 9.90 Å². The van der Waals surface area contributed by atoms with Gasteiger partial charge in [0.2, 0.25) is 0 Å². The van der Waals surface area contributed by atoms with E-state index in [1.807, 2.05) is 13.8 Å². The molecule has 1 aromatic rings. The van der Waals surface area contributed by atoms with Crippen LogP contribution in [0.15, 0.2) is 18.2 Å². The highest BCUT2D eigenvalue weighted by atomic mass is 79.9. The first kappa shape index (κ1) is 14.0. The second-order valence-electron chi connectivity index (χ2n) is 4.20. The van der Waals surface area contributed by atoms with E-state index in [1.54, 1.807) is 12.1 Å². The van der Waals surface area contributed by atoms with E-state index in [2.05, 4.69) is 21.2 Å². The molecule has 0 bridgehead atoms. The lowest BCUT2D eigenvalue weighted by Crippen LogP contribution is -2.32. The summed E-state index contributed by atoms with van der Waals surface area (Å²) in [6.07, 6.45) is 1.99. The number of nitrogens with one attached hydrogen (secondary N) is 1. The number of carbonyl (C=O) groups excluding carboxylic acids is 1. The molecule has 0 spiro atoms. The van der Waals surface area contributed by atoms with Crippen LogP contribution in [-0.4, -0.2) is 22.4 Å². The first-order valence-corrected chi connectivity index (χ1v) is 6.83. The fourth-order valence-electron chi connectivity index (χ4n) is 1.66. The Morgan fingerprint density at radius 3 is 2.82 bits per heavy atom. The Bertz CT molecular complexity index is 393. The van der Waals surface area contributed by atoms with Gasteiger partial charge in [-0.1, -0.05) is 15.9 Å². The summed E-state index contributed by atoms with van der Waals surface area (Å²) in [4.78, 5) is 11.9. The van der Waals surface area contributed by atoms with Crippen LogP contribution in [0.5, 0.6) is 5.75 Å². The Labute approximate surface area is 110 Å². The molecule has 4 heteroatoms. The van der Waals surface area contributed by atoms with Crippen LogP contribution in [-0.2, 0) is 0 Å². The monoisotopic (exact) mass is 299 g/mol. The van der Waals surface area contributed by atoms with Gasteiger partial charge in [0.25, 0.3) is 5.91 Å². The van der Waals surface area contributed by atoms with Gasteiger partial charge < -0.3 is 10.4 Å². The molecule has 0 aliphatic heterocycles. The maximum absolute atomic E-state index is 11.9. The van der Waals surface area contributed by atoms with Crippen molar-refractivity contribution in [3.8, 4) is 5.75 Å². The zero-order chi connectivity index (χ0) is 12.8. The molecule has 0 aromatic heterocycles. The number of phenolic OH excluding ortho intramolecular Hbond substituents is 1. The van der Waals surface area contributed by atoms with Crippen molar-refractivity contribution in [1.82, 2.24) is 5.32 Å². The minimum absolute atomic E-state index is 0.0791. The first-order chi connectivity index (χ1) is 8.04. The van der Waals surface area contributed by atoms with Gasteiger partial charge >= 0.3 is 0 Å². The largest absolute Gasteiger partial charge is 0.508 e. The van der Waals surface area contributed by atoms with Crippen LogP contribution in [0.1, 0.15) is 35.7 Å². The van der Waals surface area contributed by atoms with Crippen molar-refractivity contribution >= 4 is 21.8 Å². The number of hydrogen-bond donors (Lipinski definition) is 2. The van der Waals surface area contributed by atoms with Crippen molar-refractivity contribution in [1.29, 1.82) is 0 Å². The molecule has 2 N–H and O–H groups in total. The SMILES string of the molecule is Cc1cc(O)ccc1C(=O)NC(C)CCCBr. The Kier molecular flexibility index (Phi) is 5.48. The summed E-state index contributed by atoms with van der Waals surface area (Å²) in [6, 6.07) is 4.94. The van der Waals surface area contributed by atoms with Gasteiger partial charge in [0.15, 0.2) is 0 Å². The van der Waals surface area contributed by atoms with E-state index in [0.29, 0.717) is 5.56 Å². The van der Waals surface area contributed by atoms with Crippen molar-refractivity contribution in [3.05, 3.63) is 29.3 Å². The third-order valence-electron chi connectivity index (χ3n) is 2.60. The normalized spacial score (nSPS) is 12.2. The minimum Gasteiger partial charge on any atom is -0.508 e. The Morgan fingerprint density at radius 1 is 1.53 bits per heavy atom. The van der Waals surface area contributed by atoms with Gasteiger partial charge in [0.05, 0.1) is 0 Å². The fourth-order valence-corrected chi connectivity index (χ4v) is 1.98. The predicted octanol–water partition coefficient (Wildman–Crippen LogP) is 2.99. The third-order valence-corrected chi connectivity index (χ3v) is 3.16. The number of carbonyl (C=O) groups is 1. The first-order valence-electron chi connectivity index (χ1n) is 5.71. The molecule has 0 radical (unpaired) electrons. The second-order valence-corrected chi connectivity index (χ2v) is 5.00. The van der Waals surface area contributed by atoms with Crippen LogP contribution in [0.4, 0.5) is 0 Å². The van der Waals surface area contributed by atoms with Crippen molar-refractivity contribution in [2.45, 2.75) is 32.7 Å². The van der Waals surface area contributed by atoms with Gasteiger partial charge in [-0.25, -0.2) is 0 Å². The number of aromatic hydroxyl groups is 1. The lowest BCUT2D eigenvalue weighted by Gasteiger charge is -2.14.